The lowest BCUT2D eigenvalue weighted by Crippen LogP contribution is -2.35. The Morgan fingerprint density at radius 2 is 1.12 bits per heavy atom. The predicted molar refractivity (Wildman–Crippen MR) is 250 cm³/mol. The number of carbonyl (C=O) groups is 7. The number of benzene rings is 2. The molecule has 3 aliphatic rings. The number of carbonyl (C=O) groups excluding carboxylic acids is 7. The number of hydrogen-bond acceptors (Lipinski definition) is 17. The number of nitrogens with two attached hydrogens (primary N) is 1. The number of amides is 1. The zero-order valence-corrected chi connectivity index (χ0v) is 40.3. The number of rotatable bonds is 18. The van der Waals surface area contributed by atoms with Crippen LogP contribution in [0.4, 0.5) is 0 Å². The first-order valence-corrected chi connectivity index (χ1v) is 22.0. The van der Waals surface area contributed by atoms with E-state index < -0.39 is 47.7 Å². The van der Waals surface area contributed by atoms with Crippen LogP contribution in [0.1, 0.15) is 57.6 Å². The molecule has 0 saturated carbocycles. The molecule has 3 aliphatic heterocycles. The van der Waals surface area contributed by atoms with Crippen LogP contribution in [0.15, 0.2) is 118 Å². The summed E-state index contributed by atoms with van der Waals surface area (Å²) in [4.78, 5) is 82.6. The lowest BCUT2D eigenvalue weighted by atomic mass is 9.80. The molecule has 1 amide bonds. The van der Waals surface area contributed by atoms with Crippen LogP contribution in [0.5, 0.6) is 0 Å². The fraction of sp³-hybridized carbons (Fsp3) is 0.354. The van der Waals surface area contributed by atoms with Gasteiger partial charge in [-0.15, -0.1) is 0 Å². The number of dihydropyridines is 2. The van der Waals surface area contributed by atoms with Gasteiger partial charge in [-0.05, 0) is 64.0 Å². The Morgan fingerprint density at radius 3 is 1.47 bits per heavy atom. The second-order valence-electron chi connectivity index (χ2n) is 14.2. The molecule has 366 valence electrons. The highest BCUT2D eigenvalue weighted by atomic mass is 35.5. The monoisotopic (exact) mass is 982 g/mol. The van der Waals surface area contributed by atoms with E-state index in [0.29, 0.717) is 69.2 Å². The van der Waals surface area contributed by atoms with E-state index in [-0.39, 0.29) is 55.7 Å². The fourth-order valence-electron chi connectivity index (χ4n) is 6.91. The first-order chi connectivity index (χ1) is 32.6. The molecule has 0 radical (unpaired) electrons. The minimum Gasteiger partial charge on any atom is -0.466 e. The average molecular weight is 984 g/mol. The number of ether oxygens (including phenoxy) is 7. The van der Waals surface area contributed by atoms with Crippen molar-refractivity contribution >= 4 is 64.9 Å². The van der Waals surface area contributed by atoms with Crippen molar-refractivity contribution < 1.29 is 66.7 Å². The number of cyclic esters (lactones) is 2. The summed E-state index contributed by atoms with van der Waals surface area (Å²) >= 11 is 12.9. The second-order valence-corrected chi connectivity index (χ2v) is 15.0. The quantitative estimate of drug-likeness (QED) is 0.0511. The van der Waals surface area contributed by atoms with Gasteiger partial charge in [-0.1, -0.05) is 65.7 Å². The van der Waals surface area contributed by atoms with E-state index >= 15 is 0 Å². The lowest BCUT2D eigenvalue weighted by molar-refractivity contribution is -0.150. The summed E-state index contributed by atoms with van der Waals surface area (Å²) in [5, 5.41) is 9.71. The van der Waals surface area contributed by atoms with Crippen molar-refractivity contribution in [1.29, 1.82) is 0 Å². The van der Waals surface area contributed by atoms with Gasteiger partial charge in [0, 0.05) is 46.7 Å². The van der Waals surface area contributed by atoms with Crippen LogP contribution >= 0.6 is 23.2 Å². The third-order valence-corrected chi connectivity index (χ3v) is 10.4. The van der Waals surface area contributed by atoms with Crippen molar-refractivity contribution in [2.75, 3.05) is 67.0 Å². The first kappa shape index (κ1) is 55.8. The molecule has 0 aliphatic carbocycles. The highest BCUT2D eigenvalue weighted by molar-refractivity contribution is 6.32. The highest BCUT2D eigenvalue weighted by Gasteiger charge is 2.41. The molecular weight excluding hydrogens is 927 g/mol. The number of allylic oxidation sites excluding steroid dienone is 3. The average Bonchev–Trinajstić information content (AvgIpc) is 3.70. The lowest BCUT2D eigenvalue weighted by Gasteiger charge is -2.31. The van der Waals surface area contributed by atoms with Gasteiger partial charge in [0.15, 0.2) is 0 Å². The van der Waals surface area contributed by atoms with Crippen LogP contribution in [0.2, 0.25) is 10.0 Å². The first-order valence-electron chi connectivity index (χ1n) is 21.2. The number of esters is 6. The van der Waals surface area contributed by atoms with Gasteiger partial charge in [0.25, 0.3) is 0 Å². The summed E-state index contributed by atoms with van der Waals surface area (Å²) in [6, 6.07) is 14.0. The van der Waals surface area contributed by atoms with Gasteiger partial charge in [-0.25, -0.2) is 28.8 Å². The third kappa shape index (κ3) is 15.5. The summed E-state index contributed by atoms with van der Waals surface area (Å²) < 4.78 is 35.8. The van der Waals surface area contributed by atoms with E-state index in [2.05, 4.69) is 20.7 Å². The van der Waals surface area contributed by atoms with Crippen LogP contribution in [-0.2, 0) is 66.7 Å². The smallest absolute Gasteiger partial charge is 0.338 e. The molecule has 5 rings (SSSR count). The summed E-state index contributed by atoms with van der Waals surface area (Å²) in [7, 11) is 2.57. The van der Waals surface area contributed by atoms with Gasteiger partial charge in [0.1, 0.15) is 0 Å². The SMILES string of the molecule is C/C=C\C(=O)NCCOCC1=C(C(=O)OCC)C(c2ccccc2Cl)C(C(=O)OC)=C(C)N1.CCOC(=O)C1=C(COCCN)NC(C)=C(C(=O)OC)C1c1ccccc1Cl.O=C1C=CC(=O)O1. The molecule has 20 heteroatoms. The summed E-state index contributed by atoms with van der Waals surface area (Å²) in [6.45, 7) is 10.3. The van der Waals surface area contributed by atoms with Crippen molar-refractivity contribution in [1.82, 2.24) is 16.0 Å². The van der Waals surface area contributed by atoms with E-state index in [4.69, 9.17) is 57.4 Å². The Kier molecular flexibility index (Phi) is 23.4. The normalized spacial score (nSPS) is 16.4. The Morgan fingerprint density at radius 1 is 0.691 bits per heavy atom. The third-order valence-electron chi connectivity index (χ3n) is 9.70. The largest absolute Gasteiger partial charge is 0.466 e. The molecule has 2 atom stereocenters. The number of hydrogen-bond donors (Lipinski definition) is 4. The summed E-state index contributed by atoms with van der Waals surface area (Å²) in [5.74, 6) is -5.23. The van der Waals surface area contributed by atoms with E-state index in [1.165, 1.54) is 20.3 Å². The van der Waals surface area contributed by atoms with Gasteiger partial charge in [0.2, 0.25) is 5.91 Å². The topological polar surface area (TPSA) is 246 Å². The van der Waals surface area contributed by atoms with Crippen molar-refractivity contribution in [2.45, 2.75) is 46.5 Å². The molecule has 0 spiro atoms. The van der Waals surface area contributed by atoms with Gasteiger partial charge >= 0.3 is 35.8 Å². The van der Waals surface area contributed by atoms with Gasteiger partial charge in [0.05, 0.1) is 99.4 Å². The Bertz CT molecular complexity index is 2370. The Hall–Kier alpha value is -6.57. The molecular formula is C48H56Cl2N4O14. The summed E-state index contributed by atoms with van der Waals surface area (Å²) in [5.41, 5.74) is 9.71. The summed E-state index contributed by atoms with van der Waals surface area (Å²) in [6.07, 6.45) is 5.23. The van der Waals surface area contributed by atoms with Crippen LogP contribution in [0.25, 0.3) is 0 Å². The Labute approximate surface area is 404 Å². The van der Waals surface area contributed by atoms with Crippen molar-refractivity contribution in [3.8, 4) is 0 Å². The van der Waals surface area contributed by atoms with Gasteiger partial charge < -0.3 is 54.8 Å². The van der Waals surface area contributed by atoms with Crippen molar-refractivity contribution in [3.63, 3.8) is 0 Å². The van der Waals surface area contributed by atoms with Crippen molar-refractivity contribution in [3.05, 3.63) is 139 Å². The molecule has 0 aromatic heterocycles. The molecule has 2 aromatic rings. The number of halogens is 2. The van der Waals surface area contributed by atoms with Crippen LogP contribution < -0.4 is 21.7 Å². The molecule has 0 saturated heterocycles. The standard InChI is InChI=1S/C24H29ClN2O6.C20H25ClN2O5.C4H2O3/c1-5-9-19(28)26-12-13-32-14-18-22(24(30)33-6-2)21(16-10-7-8-11-17(16)25)20(15(3)27-18)23(29)31-4;1-4-28-20(25)18-15(11-27-10-9-22)23-12(2)16(19(24)26-3)17(18)13-7-5-6-8-14(13)21;5-3-1-2-4(6)7-3/h5,7-11,21,27H,6,12-14H2,1-4H3,(H,26,28);5-8,17,23H,4,9-11,22H2,1-3H3;1-2H/b9-5-;;. The van der Waals surface area contributed by atoms with Crippen LogP contribution in [-0.4, -0.2) is 109 Å². The highest BCUT2D eigenvalue weighted by Crippen LogP contribution is 2.43. The number of nitrogens with one attached hydrogen (secondary N) is 3. The number of methoxy groups -OCH3 is 2. The van der Waals surface area contributed by atoms with E-state index in [0.717, 1.165) is 12.2 Å². The molecule has 0 fully saturated rings. The van der Waals surface area contributed by atoms with Gasteiger partial charge in [-0.3, -0.25) is 4.79 Å². The van der Waals surface area contributed by atoms with E-state index in [9.17, 15) is 33.6 Å². The molecule has 3 heterocycles. The fourth-order valence-corrected chi connectivity index (χ4v) is 7.40. The second kappa shape index (κ2) is 28.6. The Balaban J connectivity index is 0.000000317. The molecule has 2 unspecified atom stereocenters. The van der Waals surface area contributed by atoms with Crippen LogP contribution in [0, 0.1) is 0 Å². The molecule has 68 heavy (non-hydrogen) atoms. The minimum atomic E-state index is -0.806. The molecule has 18 nitrogen and oxygen atoms in total. The van der Waals surface area contributed by atoms with Crippen molar-refractivity contribution in [2.24, 2.45) is 5.73 Å². The van der Waals surface area contributed by atoms with E-state index in [1.54, 1.807) is 89.2 Å². The maximum absolute atomic E-state index is 13.1. The van der Waals surface area contributed by atoms with Gasteiger partial charge in [-0.2, -0.15) is 0 Å². The van der Waals surface area contributed by atoms with E-state index in [1.807, 2.05) is 0 Å². The predicted octanol–water partition coefficient (Wildman–Crippen LogP) is 4.89. The maximum atomic E-state index is 13.1. The van der Waals surface area contributed by atoms with Crippen LogP contribution in [0.3, 0.4) is 0 Å². The molecule has 0 bridgehead atoms. The minimum absolute atomic E-state index is 0.0282. The molecule has 2 aromatic carbocycles. The molecule has 5 N–H and O–H groups in total. The zero-order valence-electron chi connectivity index (χ0n) is 38.8. The zero-order chi connectivity index (χ0) is 50.3. The maximum Gasteiger partial charge on any atom is 0.338 e.